The minimum atomic E-state index is -0.100. The maximum absolute atomic E-state index is 11.0. The molecule has 0 aromatic carbocycles. The molecule has 2 aliphatic rings. The first-order chi connectivity index (χ1) is 6.09. The van der Waals surface area contributed by atoms with E-state index in [1.807, 2.05) is 0 Å². The zero-order valence-electron chi connectivity index (χ0n) is 7.66. The van der Waals surface area contributed by atoms with Crippen molar-refractivity contribution >= 4 is 11.7 Å². The van der Waals surface area contributed by atoms with Crippen molar-refractivity contribution in [2.45, 2.75) is 26.5 Å². The number of Topliss-reactive ketones (excluding diaryl/α,β-unsaturated/α-hetero) is 1. The summed E-state index contributed by atoms with van der Waals surface area (Å²) in [6.07, 6.45) is 0.353. The second-order valence-electron chi connectivity index (χ2n) is 3.40. The van der Waals surface area contributed by atoms with Crippen molar-refractivity contribution in [3.05, 3.63) is 11.3 Å². The minimum absolute atomic E-state index is 0.00458. The Kier molecular flexibility index (Phi) is 1.65. The molecule has 1 unspecified atom stereocenters. The Bertz CT molecular complexity index is 319. The van der Waals surface area contributed by atoms with Crippen molar-refractivity contribution < 1.29 is 14.3 Å². The first-order valence-electron chi connectivity index (χ1n) is 4.26. The molecular weight excluding hydrogens is 170 g/mol. The van der Waals surface area contributed by atoms with E-state index in [-0.39, 0.29) is 17.9 Å². The molecule has 1 atom stereocenters. The van der Waals surface area contributed by atoms with E-state index < -0.39 is 0 Å². The molecule has 13 heavy (non-hydrogen) atoms. The lowest BCUT2D eigenvalue weighted by Gasteiger charge is -2.30. The molecule has 2 aliphatic heterocycles. The average molecular weight is 181 g/mol. The van der Waals surface area contributed by atoms with Gasteiger partial charge >= 0.3 is 0 Å². The quantitative estimate of drug-likeness (QED) is 0.435. The highest BCUT2D eigenvalue weighted by Gasteiger charge is 2.44. The predicted octanol–water partition coefficient (Wildman–Crippen LogP) is 0.438. The van der Waals surface area contributed by atoms with Gasteiger partial charge in [-0.3, -0.25) is 14.5 Å². The summed E-state index contributed by atoms with van der Waals surface area (Å²) in [6, 6.07) is 0. The van der Waals surface area contributed by atoms with Gasteiger partial charge in [0.15, 0.2) is 12.0 Å². The van der Waals surface area contributed by atoms with Crippen LogP contribution in [0, 0.1) is 0 Å². The third kappa shape index (κ3) is 1.13. The van der Waals surface area contributed by atoms with Crippen molar-refractivity contribution in [3.8, 4) is 0 Å². The number of carbonyl (C=O) groups is 2. The molecule has 0 aliphatic carbocycles. The Morgan fingerprint density at radius 2 is 2.23 bits per heavy atom. The van der Waals surface area contributed by atoms with Crippen LogP contribution in [-0.4, -0.2) is 29.4 Å². The van der Waals surface area contributed by atoms with E-state index in [2.05, 4.69) is 0 Å². The lowest BCUT2D eigenvalue weighted by molar-refractivity contribution is -0.154. The molecule has 0 aromatic heterocycles. The maximum atomic E-state index is 11.0. The molecule has 2 fully saturated rings. The Morgan fingerprint density at radius 1 is 1.54 bits per heavy atom. The third-order valence-electron chi connectivity index (χ3n) is 2.56. The normalized spacial score (nSPS) is 29.2. The minimum Gasteiger partial charge on any atom is -0.472 e. The van der Waals surface area contributed by atoms with Crippen LogP contribution in [0.4, 0.5) is 0 Å². The second-order valence-corrected chi connectivity index (χ2v) is 3.40. The van der Waals surface area contributed by atoms with Crippen molar-refractivity contribution in [2.24, 2.45) is 0 Å². The molecule has 2 heterocycles. The van der Waals surface area contributed by atoms with Crippen molar-refractivity contribution in [1.29, 1.82) is 0 Å². The number of rotatable bonds is 1. The number of nitrogens with zero attached hydrogens (tertiary/aromatic N) is 1. The van der Waals surface area contributed by atoms with Gasteiger partial charge in [-0.05, 0) is 13.8 Å². The summed E-state index contributed by atoms with van der Waals surface area (Å²) in [4.78, 5) is 23.6. The fraction of sp³-hybridized carbons (Fsp3) is 0.556. The summed E-state index contributed by atoms with van der Waals surface area (Å²) in [5.74, 6) is 0.768. The highest BCUT2D eigenvalue weighted by atomic mass is 16.5. The molecule has 0 saturated carbocycles. The summed E-state index contributed by atoms with van der Waals surface area (Å²) in [6.45, 7) is 3.70. The number of ether oxygens (including phenoxy) is 1. The van der Waals surface area contributed by atoms with Crippen molar-refractivity contribution in [3.63, 3.8) is 0 Å². The van der Waals surface area contributed by atoms with Crippen molar-refractivity contribution in [2.75, 3.05) is 6.54 Å². The number of hydrogen-bond acceptors (Lipinski definition) is 3. The molecule has 4 heteroatoms. The fourth-order valence-corrected chi connectivity index (χ4v) is 1.48. The summed E-state index contributed by atoms with van der Waals surface area (Å²) >= 11 is 0. The van der Waals surface area contributed by atoms with E-state index in [9.17, 15) is 9.59 Å². The van der Waals surface area contributed by atoms with Gasteiger partial charge in [0.2, 0.25) is 5.91 Å². The smallest absolute Gasteiger partial charge is 0.231 e. The van der Waals surface area contributed by atoms with Crippen LogP contribution in [0.2, 0.25) is 0 Å². The molecule has 2 saturated heterocycles. The van der Waals surface area contributed by atoms with Crippen LogP contribution in [0.1, 0.15) is 20.3 Å². The Morgan fingerprint density at radius 3 is 2.69 bits per heavy atom. The molecule has 0 radical (unpaired) electrons. The number of β-lactam (4-membered cyclic amide) rings is 1. The standard InChI is InChI=1S/C9H11NO3/c1-5(6(2)11)7-4-10-8(12)3-9(10)13-7/h9H,3-4H2,1-2H3/b7-5+. The largest absolute Gasteiger partial charge is 0.472 e. The highest BCUT2D eigenvalue weighted by Crippen LogP contribution is 2.31. The lowest BCUT2D eigenvalue weighted by Crippen LogP contribution is -2.48. The van der Waals surface area contributed by atoms with Gasteiger partial charge in [-0.25, -0.2) is 0 Å². The molecule has 0 bridgehead atoms. The zero-order valence-corrected chi connectivity index (χ0v) is 7.66. The first-order valence-corrected chi connectivity index (χ1v) is 4.26. The average Bonchev–Trinajstić information content (AvgIpc) is 2.41. The molecule has 0 spiro atoms. The van der Waals surface area contributed by atoms with Gasteiger partial charge in [-0.2, -0.15) is 0 Å². The second kappa shape index (κ2) is 2.58. The van der Waals surface area contributed by atoms with Crippen LogP contribution in [0.3, 0.4) is 0 Å². The number of hydrogen-bond donors (Lipinski definition) is 0. The molecular formula is C9H11NO3. The van der Waals surface area contributed by atoms with Gasteiger partial charge in [0, 0.05) is 5.57 Å². The van der Waals surface area contributed by atoms with E-state index >= 15 is 0 Å². The van der Waals surface area contributed by atoms with E-state index in [0.29, 0.717) is 24.3 Å². The molecule has 0 aromatic rings. The number of allylic oxidation sites excluding steroid dienone is 1. The number of amides is 1. The third-order valence-corrected chi connectivity index (χ3v) is 2.56. The monoisotopic (exact) mass is 181 g/mol. The number of carbonyl (C=O) groups excluding carboxylic acids is 2. The van der Waals surface area contributed by atoms with Crippen molar-refractivity contribution in [1.82, 2.24) is 4.90 Å². The predicted molar refractivity (Wildman–Crippen MR) is 44.6 cm³/mol. The van der Waals surface area contributed by atoms with Crippen LogP contribution in [0.25, 0.3) is 0 Å². The Labute approximate surface area is 76.2 Å². The van der Waals surface area contributed by atoms with Crippen LogP contribution in [0.5, 0.6) is 0 Å². The molecule has 70 valence electrons. The van der Waals surface area contributed by atoms with E-state index in [4.69, 9.17) is 4.74 Å². The van der Waals surface area contributed by atoms with Gasteiger partial charge in [0.25, 0.3) is 0 Å². The Hall–Kier alpha value is -1.32. The van der Waals surface area contributed by atoms with Gasteiger partial charge in [-0.1, -0.05) is 0 Å². The first kappa shape index (κ1) is 8.29. The van der Waals surface area contributed by atoms with Gasteiger partial charge < -0.3 is 4.74 Å². The van der Waals surface area contributed by atoms with Crippen LogP contribution >= 0.6 is 0 Å². The number of fused-ring (bicyclic) bond motifs is 1. The van der Waals surface area contributed by atoms with Gasteiger partial charge in [-0.15, -0.1) is 0 Å². The molecule has 4 nitrogen and oxygen atoms in total. The van der Waals surface area contributed by atoms with E-state index in [1.54, 1.807) is 11.8 Å². The van der Waals surface area contributed by atoms with Gasteiger partial charge in [0.1, 0.15) is 5.76 Å². The van der Waals surface area contributed by atoms with Gasteiger partial charge in [0.05, 0.1) is 13.0 Å². The zero-order chi connectivity index (χ0) is 9.59. The summed E-state index contributed by atoms with van der Waals surface area (Å²) in [5.41, 5.74) is 0.627. The highest BCUT2D eigenvalue weighted by molar-refractivity contribution is 5.93. The summed E-state index contributed by atoms with van der Waals surface area (Å²) in [7, 11) is 0. The number of ketones is 1. The summed E-state index contributed by atoms with van der Waals surface area (Å²) < 4.78 is 5.42. The van der Waals surface area contributed by atoms with Crippen LogP contribution in [-0.2, 0) is 14.3 Å². The lowest BCUT2D eigenvalue weighted by atomic mass is 10.1. The van der Waals surface area contributed by atoms with E-state index in [0.717, 1.165) is 0 Å². The summed E-state index contributed by atoms with van der Waals surface area (Å²) in [5, 5.41) is 0. The molecule has 0 N–H and O–H groups in total. The topological polar surface area (TPSA) is 46.6 Å². The van der Waals surface area contributed by atoms with Crippen LogP contribution < -0.4 is 0 Å². The van der Waals surface area contributed by atoms with Crippen LogP contribution in [0.15, 0.2) is 11.3 Å². The maximum Gasteiger partial charge on any atom is 0.231 e. The SMILES string of the molecule is CC(=O)/C(C)=C1\CN2C(=O)CC2O1. The Balaban J connectivity index is 2.18. The van der Waals surface area contributed by atoms with E-state index in [1.165, 1.54) is 6.92 Å². The molecule has 1 amide bonds. The fourth-order valence-electron chi connectivity index (χ4n) is 1.48. The molecule has 2 rings (SSSR count).